The zero-order valence-corrected chi connectivity index (χ0v) is 10.3. The lowest BCUT2D eigenvalue weighted by Crippen LogP contribution is -2.07. The van der Waals surface area contributed by atoms with Gasteiger partial charge in [0.15, 0.2) is 0 Å². The predicted octanol–water partition coefficient (Wildman–Crippen LogP) is 3.64. The number of carboxylic acids is 1. The zero-order valence-electron chi connectivity index (χ0n) is 9.58. The second kappa shape index (κ2) is 5.41. The summed E-state index contributed by atoms with van der Waals surface area (Å²) in [4.78, 5) is 11.0. The summed E-state index contributed by atoms with van der Waals surface area (Å²) in [5.74, 6) is -0.0295. The van der Waals surface area contributed by atoms with Crippen molar-refractivity contribution in [3.8, 4) is 0 Å². The van der Waals surface area contributed by atoms with E-state index in [9.17, 15) is 4.79 Å². The largest absolute Gasteiger partial charge is 0.478 e. The molecule has 4 heteroatoms. The van der Waals surface area contributed by atoms with Crippen molar-refractivity contribution in [3.63, 3.8) is 0 Å². The molecule has 0 unspecified atom stereocenters. The van der Waals surface area contributed by atoms with E-state index in [-0.39, 0.29) is 5.56 Å². The molecule has 0 saturated heterocycles. The van der Waals surface area contributed by atoms with Crippen LogP contribution in [0.15, 0.2) is 18.2 Å². The minimum Gasteiger partial charge on any atom is -0.478 e. The number of hydrogen-bond acceptors (Lipinski definition) is 2. The molecule has 0 aromatic heterocycles. The third-order valence-electron chi connectivity index (χ3n) is 3.01. The van der Waals surface area contributed by atoms with Crippen LogP contribution in [0.4, 0.5) is 5.69 Å². The summed E-state index contributed by atoms with van der Waals surface area (Å²) in [7, 11) is 0. The van der Waals surface area contributed by atoms with Crippen molar-refractivity contribution in [1.29, 1.82) is 0 Å². The van der Waals surface area contributed by atoms with E-state index in [4.69, 9.17) is 16.7 Å². The van der Waals surface area contributed by atoms with Crippen LogP contribution in [0.3, 0.4) is 0 Å². The number of anilines is 1. The van der Waals surface area contributed by atoms with Gasteiger partial charge in [-0.3, -0.25) is 0 Å². The summed E-state index contributed by atoms with van der Waals surface area (Å²) >= 11 is 5.78. The topological polar surface area (TPSA) is 49.3 Å². The Hall–Kier alpha value is -1.22. The molecule has 17 heavy (non-hydrogen) atoms. The third-order valence-corrected chi connectivity index (χ3v) is 3.25. The minimum atomic E-state index is -0.947. The summed E-state index contributed by atoms with van der Waals surface area (Å²) in [5.41, 5.74) is 0.890. The van der Waals surface area contributed by atoms with Crippen LogP contribution < -0.4 is 5.32 Å². The van der Waals surface area contributed by atoms with Gasteiger partial charge < -0.3 is 10.4 Å². The van der Waals surface area contributed by atoms with Gasteiger partial charge in [0, 0.05) is 17.3 Å². The van der Waals surface area contributed by atoms with Crippen molar-refractivity contribution in [1.82, 2.24) is 0 Å². The number of halogens is 1. The Kier molecular flexibility index (Phi) is 3.89. The maximum Gasteiger partial charge on any atom is 0.337 e. The van der Waals surface area contributed by atoms with Crippen LogP contribution in [0.5, 0.6) is 0 Å². The van der Waals surface area contributed by atoms with Gasteiger partial charge in [0.05, 0.1) is 5.56 Å². The molecular formula is C13H16ClNO2. The fourth-order valence-electron chi connectivity index (χ4n) is 1.87. The van der Waals surface area contributed by atoms with Crippen LogP contribution in [0.1, 0.15) is 36.0 Å². The second-order valence-corrected chi connectivity index (χ2v) is 4.94. The molecule has 1 aromatic rings. The molecule has 0 radical (unpaired) electrons. The minimum absolute atomic E-state index is 0.240. The van der Waals surface area contributed by atoms with E-state index in [1.165, 1.54) is 25.3 Å². The molecule has 92 valence electrons. The van der Waals surface area contributed by atoms with Gasteiger partial charge in [-0.25, -0.2) is 4.79 Å². The first kappa shape index (κ1) is 12.2. The van der Waals surface area contributed by atoms with Gasteiger partial charge in [0.2, 0.25) is 0 Å². The van der Waals surface area contributed by atoms with Gasteiger partial charge in [-0.1, -0.05) is 24.4 Å². The van der Waals surface area contributed by atoms with E-state index in [1.54, 1.807) is 12.1 Å². The number of benzene rings is 1. The van der Waals surface area contributed by atoms with Gasteiger partial charge in [0.25, 0.3) is 0 Å². The van der Waals surface area contributed by atoms with Crippen LogP contribution in [-0.2, 0) is 0 Å². The van der Waals surface area contributed by atoms with Gasteiger partial charge in [0.1, 0.15) is 0 Å². The molecule has 0 heterocycles. The average molecular weight is 254 g/mol. The quantitative estimate of drug-likeness (QED) is 0.761. The molecule has 1 aliphatic rings. The molecule has 2 rings (SSSR count). The highest BCUT2D eigenvalue weighted by Gasteiger charge is 2.20. The van der Waals surface area contributed by atoms with Crippen LogP contribution in [0.2, 0.25) is 5.02 Å². The number of rotatable bonds is 6. The maximum absolute atomic E-state index is 11.0. The molecule has 0 atom stereocenters. The van der Waals surface area contributed by atoms with E-state index >= 15 is 0 Å². The molecule has 1 saturated carbocycles. The maximum atomic E-state index is 11.0. The first-order valence-corrected chi connectivity index (χ1v) is 6.31. The van der Waals surface area contributed by atoms with E-state index < -0.39 is 5.97 Å². The van der Waals surface area contributed by atoms with Crippen molar-refractivity contribution in [3.05, 3.63) is 28.8 Å². The fourth-order valence-corrected chi connectivity index (χ4v) is 2.04. The highest BCUT2D eigenvalue weighted by Crippen LogP contribution is 2.33. The predicted molar refractivity (Wildman–Crippen MR) is 68.9 cm³/mol. The Morgan fingerprint density at radius 3 is 2.88 bits per heavy atom. The lowest BCUT2D eigenvalue weighted by molar-refractivity contribution is 0.0698. The Labute approximate surface area is 106 Å². The molecular weight excluding hydrogens is 238 g/mol. The van der Waals surface area contributed by atoms with Crippen molar-refractivity contribution >= 4 is 23.3 Å². The molecule has 1 aliphatic carbocycles. The molecule has 1 aromatic carbocycles. The summed E-state index contributed by atoms with van der Waals surface area (Å²) in [6, 6.07) is 4.91. The van der Waals surface area contributed by atoms with Gasteiger partial charge in [-0.05, 0) is 37.0 Å². The van der Waals surface area contributed by atoms with Gasteiger partial charge in [-0.15, -0.1) is 0 Å². The summed E-state index contributed by atoms with van der Waals surface area (Å²) in [5, 5.41) is 12.7. The third kappa shape index (κ3) is 3.63. The number of hydrogen-bond donors (Lipinski definition) is 2. The molecule has 0 amide bonds. The Morgan fingerprint density at radius 2 is 2.24 bits per heavy atom. The first-order valence-electron chi connectivity index (χ1n) is 5.93. The van der Waals surface area contributed by atoms with Crippen molar-refractivity contribution < 1.29 is 9.90 Å². The van der Waals surface area contributed by atoms with Gasteiger partial charge in [-0.2, -0.15) is 0 Å². The molecule has 0 aliphatic heterocycles. The monoisotopic (exact) mass is 253 g/mol. The number of nitrogens with one attached hydrogen (secondary N) is 1. The van der Waals surface area contributed by atoms with Crippen molar-refractivity contribution in [2.75, 3.05) is 11.9 Å². The SMILES string of the molecule is O=C(O)c1cc(Cl)ccc1NCCCC1CC1. The smallest absolute Gasteiger partial charge is 0.337 e. The second-order valence-electron chi connectivity index (χ2n) is 4.51. The highest BCUT2D eigenvalue weighted by atomic mass is 35.5. The Morgan fingerprint density at radius 1 is 1.47 bits per heavy atom. The van der Waals surface area contributed by atoms with E-state index in [0.29, 0.717) is 10.7 Å². The van der Waals surface area contributed by atoms with Crippen LogP contribution in [-0.4, -0.2) is 17.6 Å². The number of carboxylic acid groups (broad SMARTS) is 1. The fraction of sp³-hybridized carbons (Fsp3) is 0.462. The Balaban J connectivity index is 1.91. The van der Waals surface area contributed by atoms with Crippen LogP contribution in [0, 0.1) is 5.92 Å². The molecule has 1 fully saturated rings. The molecule has 0 spiro atoms. The van der Waals surface area contributed by atoms with E-state index in [2.05, 4.69) is 5.32 Å². The summed E-state index contributed by atoms with van der Waals surface area (Å²) in [6.45, 7) is 0.818. The van der Waals surface area contributed by atoms with Crippen molar-refractivity contribution in [2.24, 2.45) is 5.92 Å². The van der Waals surface area contributed by atoms with Gasteiger partial charge >= 0.3 is 5.97 Å². The zero-order chi connectivity index (χ0) is 12.3. The number of aromatic carboxylic acids is 1. The lowest BCUT2D eigenvalue weighted by atomic mass is 10.1. The van der Waals surface area contributed by atoms with Crippen LogP contribution in [0.25, 0.3) is 0 Å². The molecule has 0 bridgehead atoms. The average Bonchev–Trinajstić information content (AvgIpc) is 3.09. The summed E-state index contributed by atoms with van der Waals surface area (Å²) < 4.78 is 0. The van der Waals surface area contributed by atoms with E-state index in [0.717, 1.165) is 18.9 Å². The molecule has 2 N–H and O–H groups in total. The standard InChI is InChI=1S/C13H16ClNO2/c14-10-5-6-12(11(8-10)13(16)17)15-7-1-2-9-3-4-9/h5-6,8-9,15H,1-4,7H2,(H,16,17). The number of carbonyl (C=O) groups is 1. The first-order chi connectivity index (χ1) is 8.16. The normalized spacial score (nSPS) is 14.6. The van der Waals surface area contributed by atoms with Crippen molar-refractivity contribution in [2.45, 2.75) is 25.7 Å². The molecule has 3 nitrogen and oxygen atoms in total. The highest BCUT2D eigenvalue weighted by molar-refractivity contribution is 6.31. The lowest BCUT2D eigenvalue weighted by Gasteiger charge is -2.09. The summed E-state index contributed by atoms with van der Waals surface area (Å²) in [6.07, 6.45) is 5.05. The van der Waals surface area contributed by atoms with Crippen LogP contribution >= 0.6 is 11.6 Å². The Bertz CT molecular complexity index is 416. The van der Waals surface area contributed by atoms with E-state index in [1.807, 2.05) is 0 Å².